The zero-order chi connectivity index (χ0) is 11.5. The van der Waals surface area contributed by atoms with Gasteiger partial charge in [-0.3, -0.25) is 4.79 Å². The average Bonchev–Trinajstić information content (AvgIpc) is 2.15. The van der Waals surface area contributed by atoms with Gasteiger partial charge in [0.1, 0.15) is 5.82 Å². The molecular formula is C10H16N4O. The van der Waals surface area contributed by atoms with Gasteiger partial charge >= 0.3 is 0 Å². The second kappa shape index (κ2) is 4.27. The highest BCUT2D eigenvalue weighted by atomic mass is 16.1. The van der Waals surface area contributed by atoms with E-state index in [1.807, 2.05) is 20.8 Å². The predicted octanol–water partition coefficient (Wildman–Crippen LogP) is 0.895. The van der Waals surface area contributed by atoms with Crippen LogP contribution in [0.1, 0.15) is 31.1 Å². The molecule has 5 nitrogen and oxygen atoms in total. The molecule has 0 radical (unpaired) electrons. The number of aromatic nitrogens is 1. The first-order chi connectivity index (χ1) is 6.92. The van der Waals surface area contributed by atoms with Gasteiger partial charge in [0.05, 0.1) is 0 Å². The van der Waals surface area contributed by atoms with Crippen molar-refractivity contribution in [2.75, 3.05) is 5.43 Å². The Balaban J connectivity index is 2.82. The lowest BCUT2D eigenvalue weighted by atomic mass is 10.1. The SMILES string of the molecule is CC(C)(C)NC(=O)c1ccnc(NN)c1. The highest BCUT2D eigenvalue weighted by molar-refractivity contribution is 5.95. The van der Waals surface area contributed by atoms with Crippen LogP contribution in [0.25, 0.3) is 0 Å². The zero-order valence-corrected chi connectivity index (χ0v) is 9.16. The molecular weight excluding hydrogens is 192 g/mol. The largest absolute Gasteiger partial charge is 0.347 e. The quantitative estimate of drug-likeness (QED) is 0.498. The first-order valence-electron chi connectivity index (χ1n) is 4.67. The molecule has 0 spiro atoms. The maximum atomic E-state index is 11.7. The van der Waals surface area contributed by atoms with Crippen LogP contribution in [-0.2, 0) is 0 Å². The minimum atomic E-state index is -0.253. The number of nitrogen functional groups attached to an aromatic ring is 1. The monoisotopic (exact) mass is 208 g/mol. The highest BCUT2D eigenvalue weighted by Gasteiger charge is 2.15. The minimum Gasteiger partial charge on any atom is -0.347 e. The van der Waals surface area contributed by atoms with Crippen molar-refractivity contribution in [1.29, 1.82) is 0 Å². The van der Waals surface area contributed by atoms with Gasteiger partial charge in [0.25, 0.3) is 5.91 Å². The van der Waals surface area contributed by atoms with Crippen molar-refractivity contribution in [2.24, 2.45) is 5.84 Å². The minimum absolute atomic E-state index is 0.138. The molecule has 82 valence electrons. The van der Waals surface area contributed by atoms with E-state index in [1.54, 1.807) is 12.1 Å². The summed E-state index contributed by atoms with van der Waals surface area (Å²) in [6.45, 7) is 5.77. The van der Waals surface area contributed by atoms with Crippen molar-refractivity contribution in [1.82, 2.24) is 10.3 Å². The van der Waals surface area contributed by atoms with Crippen LogP contribution < -0.4 is 16.6 Å². The number of hydrazine groups is 1. The lowest BCUT2D eigenvalue weighted by Crippen LogP contribution is -2.40. The van der Waals surface area contributed by atoms with Crippen LogP contribution in [0.15, 0.2) is 18.3 Å². The Hall–Kier alpha value is -1.62. The Morgan fingerprint density at radius 1 is 1.47 bits per heavy atom. The summed E-state index contributed by atoms with van der Waals surface area (Å²) in [6, 6.07) is 3.24. The molecule has 4 N–H and O–H groups in total. The number of nitrogens with two attached hydrogens (primary N) is 1. The van der Waals surface area contributed by atoms with E-state index < -0.39 is 0 Å². The molecule has 1 amide bonds. The number of hydrogen-bond acceptors (Lipinski definition) is 4. The summed E-state index contributed by atoms with van der Waals surface area (Å²) in [7, 11) is 0. The van der Waals surface area contributed by atoms with E-state index in [2.05, 4.69) is 15.7 Å². The average molecular weight is 208 g/mol. The Kier molecular flexibility index (Phi) is 3.26. The lowest BCUT2D eigenvalue weighted by Gasteiger charge is -2.20. The molecule has 0 unspecified atom stereocenters. The molecule has 0 aliphatic heterocycles. The standard InChI is InChI=1S/C10H16N4O/c1-10(2,3)13-9(15)7-4-5-12-8(6-7)14-11/h4-6H,11H2,1-3H3,(H,12,14)(H,13,15). The van der Waals surface area contributed by atoms with Crippen molar-refractivity contribution in [3.63, 3.8) is 0 Å². The molecule has 0 saturated carbocycles. The number of rotatable bonds is 2. The number of amides is 1. The predicted molar refractivity (Wildman–Crippen MR) is 59.3 cm³/mol. The number of carbonyl (C=O) groups excluding carboxylic acids is 1. The molecule has 0 atom stereocenters. The maximum Gasteiger partial charge on any atom is 0.251 e. The van der Waals surface area contributed by atoms with Crippen molar-refractivity contribution in [3.05, 3.63) is 23.9 Å². The van der Waals surface area contributed by atoms with E-state index in [0.717, 1.165) is 0 Å². The molecule has 1 heterocycles. The van der Waals surface area contributed by atoms with Crippen LogP contribution in [0, 0.1) is 0 Å². The fraction of sp³-hybridized carbons (Fsp3) is 0.400. The Labute approximate surface area is 89.0 Å². The fourth-order valence-corrected chi connectivity index (χ4v) is 1.06. The molecule has 0 bridgehead atoms. The van der Waals surface area contributed by atoms with Gasteiger partial charge in [0.2, 0.25) is 0 Å². The van der Waals surface area contributed by atoms with Crippen molar-refractivity contribution >= 4 is 11.7 Å². The number of carbonyl (C=O) groups is 1. The van der Waals surface area contributed by atoms with Crippen LogP contribution in [-0.4, -0.2) is 16.4 Å². The third-order valence-corrected chi connectivity index (χ3v) is 1.66. The Bertz CT molecular complexity index is 357. The van der Waals surface area contributed by atoms with Crippen LogP contribution in [0.2, 0.25) is 0 Å². The number of hydrogen-bond donors (Lipinski definition) is 3. The van der Waals surface area contributed by atoms with Gasteiger partial charge in [-0.25, -0.2) is 10.8 Å². The number of anilines is 1. The van der Waals surface area contributed by atoms with Crippen LogP contribution in [0.4, 0.5) is 5.82 Å². The van der Waals surface area contributed by atoms with Gasteiger partial charge < -0.3 is 10.7 Å². The summed E-state index contributed by atoms with van der Waals surface area (Å²) in [6.07, 6.45) is 1.53. The van der Waals surface area contributed by atoms with Crippen LogP contribution in [0.3, 0.4) is 0 Å². The van der Waals surface area contributed by atoms with Crippen molar-refractivity contribution in [2.45, 2.75) is 26.3 Å². The zero-order valence-electron chi connectivity index (χ0n) is 9.16. The molecule has 0 aliphatic carbocycles. The smallest absolute Gasteiger partial charge is 0.251 e. The first-order valence-corrected chi connectivity index (χ1v) is 4.67. The third kappa shape index (κ3) is 3.55. The number of nitrogens with zero attached hydrogens (tertiary/aromatic N) is 1. The molecule has 0 fully saturated rings. The molecule has 1 aromatic rings. The van der Waals surface area contributed by atoms with Gasteiger partial charge in [-0.1, -0.05) is 0 Å². The maximum absolute atomic E-state index is 11.7. The van der Waals surface area contributed by atoms with Gasteiger partial charge in [0.15, 0.2) is 0 Å². The molecule has 5 heteroatoms. The second-order valence-corrected chi connectivity index (χ2v) is 4.28. The summed E-state index contributed by atoms with van der Waals surface area (Å²) < 4.78 is 0. The fourth-order valence-electron chi connectivity index (χ4n) is 1.06. The highest BCUT2D eigenvalue weighted by Crippen LogP contribution is 2.07. The molecule has 0 aliphatic rings. The van der Waals surface area contributed by atoms with Crippen LogP contribution in [0.5, 0.6) is 0 Å². The van der Waals surface area contributed by atoms with E-state index in [0.29, 0.717) is 11.4 Å². The normalized spacial score (nSPS) is 10.9. The van der Waals surface area contributed by atoms with Crippen LogP contribution >= 0.6 is 0 Å². The van der Waals surface area contributed by atoms with Gasteiger partial charge in [-0.05, 0) is 32.9 Å². The molecule has 1 aromatic heterocycles. The Morgan fingerprint density at radius 3 is 2.67 bits per heavy atom. The summed E-state index contributed by atoms with van der Waals surface area (Å²) in [5, 5.41) is 2.85. The van der Waals surface area contributed by atoms with Crippen molar-refractivity contribution < 1.29 is 4.79 Å². The van der Waals surface area contributed by atoms with E-state index in [9.17, 15) is 4.79 Å². The second-order valence-electron chi connectivity index (χ2n) is 4.28. The molecule has 0 aromatic carbocycles. The van der Waals surface area contributed by atoms with E-state index in [-0.39, 0.29) is 11.4 Å². The Morgan fingerprint density at radius 2 is 2.13 bits per heavy atom. The summed E-state index contributed by atoms with van der Waals surface area (Å²) in [5.74, 6) is 5.53. The van der Waals surface area contributed by atoms with E-state index in [4.69, 9.17) is 5.84 Å². The van der Waals surface area contributed by atoms with Gasteiger partial charge in [-0.2, -0.15) is 0 Å². The third-order valence-electron chi connectivity index (χ3n) is 1.66. The molecule has 0 saturated heterocycles. The summed E-state index contributed by atoms with van der Waals surface area (Å²) in [4.78, 5) is 15.6. The summed E-state index contributed by atoms with van der Waals surface area (Å²) >= 11 is 0. The number of nitrogens with one attached hydrogen (secondary N) is 2. The topological polar surface area (TPSA) is 80.0 Å². The van der Waals surface area contributed by atoms with Gasteiger partial charge in [-0.15, -0.1) is 0 Å². The first kappa shape index (κ1) is 11.5. The van der Waals surface area contributed by atoms with E-state index in [1.165, 1.54) is 6.20 Å². The van der Waals surface area contributed by atoms with E-state index >= 15 is 0 Å². The van der Waals surface area contributed by atoms with Gasteiger partial charge in [0, 0.05) is 17.3 Å². The van der Waals surface area contributed by atoms with Crippen molar-refractivity contribution in [3.8, 4) is 0 Å². The molecule has 15 heavy (non-hydrogen) atoms. The lowest BCUT2D eigenvalue weighted by molar-refractivity contribution is 0.0919. The molecule has 1 rings (SSSR count). The number of pyridine rings is 1. The summed E-state index contributed by atoms with van der Waals surface area (Å²) in [5.41, 5.74) is 2.68.